The number of halogens is 2. The first-order chi connectivity index (χ1) is 7.29. The van der Waals surface area contributed by atoms with Crippen LogP contribution in [0.5, 0.6) is 0 Å². The van der Waals surface area contributed by atoms with Crippen LogP contribution in [0.4, 0.5) is 0 Å². The van der Waals surface area contributed by atoms with Gasteiger partial charge in [0.2, 0.25) is 0 Å². The topological polar surface area (TPSA) is 35.4 Å². The van der Waals surface area contributed by atoms with Crippen molar-refractivity contribution in [3.05, 3.63) is 32.4 Å². The molecule has 1 atom stereocenters. The molecule has 1 unspecified atom stereocenters. The minimum Gasteiger partial charge on any atom is -0.591 e. The van der Waals surface area contributed by atoms with Gasteiger partial charge in [0.05, 0.1) is 6.21 Å². The zero-order valence-corrected chi connectivity index (χ0v) is 13.1. The second-order valence-corrected chi connectivity index (χ2v) is 7.91. The summed E-state index contributed by atoms with van der Waals surface area (Å²) in [4.78, 5) is 0. The molecular formula is C11H13ClINOS. The predicted molar refractivity (Wildman–Crippen MR) is 79.7 cm³/mol. The Balaban J connectivity index is 2.84. The molecule has 0 N–H and O–H groups in total. The molecule has 16 heavy (non-hydrogen) atoms. The molecule has 0 radical (unpaired) electrons. The Hall–Kier alpha value is 0.220. The third kappa shape index (κ3) is 4.61. The molecular weight excluding hydrogens is 357 g/mol. The first-order valence-electron chi connectivity index (χ1n) is 4.71. The smallest absolute Gasteiger partial charge is 0.144 e. The van der Waals surface area contributed by atoms with Gasteiger partial charge in [-0.1, -0.05) is 16.0 Å². The normalized spacial score (nSPS) is 14.4. The van der Waals surface area contributed by atoms with E-state index in [2.05, 4.69) is 27.0 Å². The van der Waals surface area contributed by atoms with E-state index in [0.717, 1.165) is 9.13 Å². The molecule has 1 rings (SSSR count). The molecule has 0 heterocycles. The average molecular weight is 370 g/mol. The maximum Gasteiger partial charge on any atom is 0.144 e. The van der Waals surface area contributed by atoms with Crippen LogP contribution in [-0.4, -0.2) is 15.5 Å². The SMILES string of the molecule is CC(C)(C)[S+]([O-])N=Cc1cc(Cl)cc(I)c1. The van der Waals surface area contributed by atoms with Crippen LogP contribution in [0.3, 0.4) is 0 Å². The van der Waals surface area contributed by atoms with Crippen molar-refractivity contribution in [3.63, 3.8) is 0 Å². The molecule has 0 aromatic heterocycles. The van der Waals surface area contributed by atoms with Crippen LogP contribution in [0.1, 0.15) is 26.3 Å². The molecule has 0 aliphatic rings. The minimum absolute atomic E-state index is 0.331. The van der Waals surface area contributed by atoms with Crippen molar-refractivity contribution in [2.45, 2.75) is 25.5 Å². The first kappa shape index (κ1) is 14.3. The van der Waals surface area contributed by atoms with E-state index in [9.17, 15) is 4.55 Å². The third-order valence-corrected chi connectivity index (χ3v) is 3.89. The largest absolute Gasteiger partial charge is 0.591 e. The molecule has 0 fully saturated rings. The van der Waals surface area contributed by atoms with Crippen LogP contribution in [0.2, 0.25) is 5.02 Å². The molecule has 0 bridgehead atoms. The van der Waals surface area contributed by atoms with Crippen molar-refractivity contribution in [2.24, 2.45) is 4.40 Å². The number of hydrogen-bond donors (Lipinski definition) is 0. The van der Waals surface area contributed by atoms with Gasteiger partial charge in [-0.3, -0.25) is 0 Å². The lowest BCUT2D eigenvalue weighted by Crippen LogP contribution is -2.25. The van der Waals surface area contributed by atoms with Crippen LogP contribution in [0.25, 0.3) is 0 Å². The number of hydrogen-bond acceptors (Lipinski definition) is 2. The summed E-state index contributed by atoms with van der Waals surface area (Å²) >= 11 is 6.87. The van der Waals surface area contributed by atoms with Gasteiger partial charge in [-0.05, 0) is 67.1 Å². The fourth-order valence-electron chi connectivity index (χ4n) is 0.917. The maximum absolute atomic E-state index is 11.7. The van der Waals surface area contributed by atoms with Gasteiger partial charge < -0.3 is 4.55 Å². The van der Waals surface area contributed by atoms with E-state index < -0.39 is 11.4 Å². The second-order valence-electron chi connectivity index (χ2n) is 4.30. The van der Waals surface area contributed by atoms with E-state index in [1.54, 1.807) is 12.3 Å². The Bertz CT molecular complexity index is 383. The maximum atomic E-state index is 11.7. The van der Waals surface area contributed by atoms with E-state index in [4.69, 9.17) is 11.6 Å². The third-order valence-electron chi connectivity index (χ3n) is 1.71. The fourth-order valence-corrected chi connectivity index (χ4v) is 2.57. The molecule has 0 aliphatic carbocycles. The highest BCUT2D eigenvalue weighted by Gasteiger charge is 2.25. The summed E-state index contributed by atoms with van der Waals surface area (Å²) in [7, 11) is 0. The van der Waals surface area contributed by atoms with Gasteiger partial charge in [0, 0.05) is 8.59 Å². The highest BCUT2D eigenvalue weighted by atomic mass is 127. The average Bonchev–Trinajstić information content (AvgIpc) is 2.11. The van der Waals surface area contributed by atoms with E-state index in [1.807, 2.05) is 32.9 Å². The first-order valence-corrected chi connectivity index (χ1v) is 7.27. The second kappa shape index (κ2) is 5.71. The van der Waals surface area contributed by atoms with E-state index in [0.29, 0.717) is 5.02 Å². The Labute approximate surface area is 118 Å². The molecule has 0 saturated heterocycles. The van der Waals surface area contributed by atoms with Crippen molar-refractivity contribution in [2.75, 3.05) is 0 Å². The van der Waals surface area contributed by atoms with Gasteiger partial charge >= 0.3 is 0 Å². The minimum atomic E-state index is -1.23. The van der Waals surface area contributed by atoms with E-state index >= 15 is 0 Å². The Morgan fingerprint density at radius 2 is 2.00 bits per heavy atom. The lowest BCUT2D eigenvalue weighted by atomic mass is 10.2. The van der Waals surface area contributed by atoms with Crippen LogP contribution >= 0.6 is 34.2 Å². The quantitative estimate of drug-likeness (QED) is 0.443. The lowest BCUT2D eigenvalue weighted by molar-refractivity contribution is 0.562. The van der Waals surface area contributed by atoms with Gasteiger partial charge in [0.25, 0.3) is 0 Å². The fraction of sp³-hybridized carbons (Fsp3) is 0.364. The van der Waals surface area contributed by atoms with Crippen molar-refractivity contribution < 1.29 is 4.55 Å². The molecule has 0 spiro atoms. The van der Waals surface area contributed by atoms with Crippen LogP contribution < -0.4 is 0 Å². The highest BCUT2D eigenvalue weighted by Crippen LogP contribution is 2.18. The van der Waals surface area contributed by atoms with Gasteiger partial charge in [-0.25, -0.2) is 0 Å². The number of rotatable bonds is 2. The Kier molecular flexibility index (Phi) is 5.10. The summed E-state index contributed by atoms with van der Waals surface area (Å²) in [6.45, 7) is 5.67. The summed E-state index contributed by atoms with van der Waals surface area (Å²) < 4.78 is 16.4. The van der Waals surface area contributed by atoms with E-state index in [1.165, 1.54) is 0 Å². The Morgan fingerprint density at radius 3 is 2.50 bits per heavy atom. The molecule has 5 heteroatoms. The molecule has 1 aromatic rings. The molecule has 88 valence electrons. The molecule has 0 amide bonds. The zero-order chi connectivity index (χ0) is 12.3. The lowest BCUT2D eigenvalue weighted by Gasteiger charge is -2.17. The van der Waals surface area contributed by atoms with Crippen molar-refractivity contribution >= 4 is 51.8 Å². The summed E-state index contributed by atoms with van der Waals surface area (Å²) in [6.07, 6.45) is 1.61. The monoisotopic (exact) mass is 369 g/mol. The van der Waals surface area contributed by atoms with Crippen LogP contribution in [-0.2, 0) is 11.4 Å². The molecule has 2 nitrogen and oxygen atoms in total. The highest BCUT2D eigenvalue weighted by molar-refractivity contribution is 14.1. The van der Waals surface area contributed by atoms with Gasteiger partial charge in [-0.15, -0.1) is 0 Å². The van der Waals surface area contributed by atoms with Gasteiger partial charge in [-0.2, -0.15) is 0 Å². The number of benzene rings is 1. The molecule has 0 aliphatic heterocycles. The van der Waals surface area contributed by atoms with Crippen LogP contribution in [0.15, 0.2) is 22.6 Å². The van der Waals surface area contributed by atoms with Crippen LogP contribution in [0, 0.1) is 3.57 Å². The zero-order valence-electron chi connectivity index (χ0n) is 9.33. The predicted octanol–water partition coefficient (Wildman–Crippen LogP) is 3.83. The summed E-state index contributed by atoms with van der Waals surface area (Å²) in [5, 5.41) is 0.662. The van der Waals surface area contributed by atoms with Crippen molar-refractivity contribution in [1.82, 2.24) is 0 Å². The van der Waals surface area contributed by atoms with Crippen molar-refractivity contribution in [1.29, 1.82) is 0 Å². The van der Waals surface area contributed by atoms with Gasteiger partial charge in [0.1, 0.15) is 16.1 Å². The molecule has 0 saturated carbocycles. The standard InChI is InChI=1S/C11H13ClINOS/c1-11(2,3)16(15)14-7-8-4-9(12)6-10(13)5-8/h4-7H,1-3H3. The number of nitrogens with zero attached hydrogens (tertiary/aromatic N) is 1. The van der Waals surface area contributed by atoms with Crippen molar-refractivity contribution in [3.8, 4) is 0 Å². The van der Waals surface area contributed by atoms with Gasteiger partial charge in [0.15, 0.2) is 0 Å². The van der Waals surface area contributed by atoms with E-state index in [-0.39, 0.29) is 4.75 Å². The molecule has 1 aromatic carbocycles. The summed E-state index contributed by atoms with van der Waals surface area (Å²) in [5.41, 5.74) is 0.870. The summed E-state index contributed by atoms with van der Waals surface area (Å²) in [6, 6.07) is 5.60. The summed E-state index contributed by atoms with van der Waals surface area (Å²) in [5.74, 6) is 0. The Morgan fingerprint density at radius 1 is 1.38 bits per heavy atom.